The molecule has 0 bridgehead atoms. The van der Waals surface area contributed by atoms with E-state index in [2.05, 4.69) is 16.0 Å². The molecule has 1 aromatic rings. The van der Waals surface area contributed by atoms with Gasteiger partial charge in [-0.15, -0.1) is 0 Å². The molecule has 0 saturated carbocycles. The van der Waals surface area contributed by atoms with Gasteiger partial charge in [0.1, 0.15) is 18.1 Å². The van der Waals surface area contributed by atoms with Crippen LogP contribution in [0, 0.1) is 0 Å². The average Bonchev–Trinajstić information content (AvgIpc) is 2.69. The van der Waals surface area contributed by atoms with E-state index in [9.17, 15) is 34.5 Å². The first-order chi connectivity index (χ1) is 14.1. The van der Waals surface area contributed by atoms with Crippen LogP contribution in [-0.4, -0.2) is 75.9 Å². The third kappa shape index (κ3) is 7.78. The third-order valence-corrected chi connectivity index (χ3v) is 4.23. The molecule has 0 fully saturated rings. The zero-order chi connectivity index (χ0) is 22.8. The van der Waals surface area contributed by atoms with Crippen LogP contribution in [0.3, 0.4) is 0 Å². The maximum Gasteiger partial charge on any atom is 0.326 e. The Morgan fingerprint density at radius 2 is 1.40 bits per heavy atom. The molecule has 0 aromatic heterocycles. The highest BCUT2D eigenvalue weighted by molar-refractivity contribution is 5.94. The van der Waals surface area contributed by atoms with Gasteiger partial charge in [-0.05, 0) is 19.4 Å². The monoisotopic (exact) mass is 424 g/mol. The largest absolute Gasteiger partial charge is 0.480 e. The van der Waals surface area contributed by atoms with Gasteiger partial charge in [0.15, 0.2) is 0 Å². The summed E-state index contributed by atoms with van der Waals surface area (Å²) < 4.78 is 0. The van der Waals surface area contributed by atoms with Crippen molar-refractivity contribution in [1.82, 2.24) is 16.0 Å². The van der Waals surface area contributed by atoms with Gasteiger partial charge < -0.3 is 37.0 Å². The summed E-state index contributed by atoms with van der Waals surface area (Å²) in [5, 5.41) is 35.8. The first-order valence-electron chi connectivity index (χ1n) is 9.29. The Hall–Kier alpha value is -3.02. The lowest BCUT2D eigenvalue weighted by Gasteiger charge is -2.27. The Labute approximate surface area is 173 Å². The summed E-state index contributed by atoms with van der Waals surface area (Å²) >= 11 is 0. The summed E-state index contributed by atoms with van der Waals surface area (Å²) in [5.74, 6) is -3.87. The third-order valence-electron chi connectivity index (χ3n) is 4.23. The molecule has 0 heterocycles. The summed E-state index contributed by atoms with van der Waals surface area (Å²) in [6.45, 7) is 2.06. The van der Waals surface area contributed by atoms with Crippen molar-refractivity contribution in [1.29, 1.82) is 0 Å². The van der Waals surface area contributed by atoms with Crippen LogP contribution in [0.2, 0.25) is 0 Å². The molecule has 8 N–H and O–H groups in total. The smallest absolute Gasteiger partial charge is 0.326 e. The molecular weight excluding hydrogens is 396 g/mol. The van der Waals surface area contributed by atoms with Crippen LogP contribution in [0.25, 0.3) is 0 Å². The number of carboxylic acid groups (broad SMARTS) is 1. The Morgan fingerprint density at radius 3 is 1.87 bits per heavy atom. The van der Waals surface area contributed by atoms with E-state index in [0.717, 1.165) is 0 Å². The summed E-state index contributed by atoms with van der Waals surface area (Å²) in [4.78, 5) is 48.0. The number of amides is 3. The van der Waals surface area contributed by atoms with Gasteiger partial charge in [0.2, 0.25) is 17.7 Å². The SMILES string of the molecule is CC(O)C(NC(=O)CN)C(=O)NC(C(=O)NC(Cc1ccccc1)C(=O)O)C(C)O. The fourth-order valence-electron chi connectivity index (χ4n) is 2.60. The summed E-state index contributed by atoms with van der Waals surface area (Å²) in [6.07, 6.45) is -2.71. The highest BCUT2D eigenvalue weighted by atomic mass is 16.4. The van der Waals surface area contributed by atoms with Crippen molar-refractivity contribution in [2.45, 2.75) is 50.6 Å². The number of hydrogen-bond donors (Lipinski definition) is 7. The molecule has 0 saturated heterocycles. The molecule has 11 nitrogen and oxygen atoms in total. The van der Waals surface area contributed by atoms with Crippen LogP contribution in [0.1, 0.15) is 19.4 Å². The van der Waals surface area contributed by atoms with Crippen molar-refractivity contribution in [3.05, 3.63) is 35.9 Å². The topological polar surface area (TPSA) is 191 Å². The zero-order valence-electron chi connectivity index (χ0n) is 16.7. The van der Waals surface area contributed by atoms with Gasteiger partial charge in [0.05, 0.1) is 18.8 Å². The van der Waals surface area contributed by atoms with E-state index in [0.29, 0.717) is 5.56 Å². The van der Waals surface area contributed by atoms with E-state index in [1.54, 1.807) is 30.3 Å². The van der Waals surface area contributed by atoms with Crippen LogP contribution >= 0.6 is 0 Å². The van der Waals surface area contributed by atoms with E-state index in [4.69, 9.17) is 5.73 Å². The minimum absolute atomic E-state index is 0.00868. The van der Waals surface area contributed by atoms with Gasteiger partial charge in [0.25, 0.3) is 0 Å². The maximum atomic E-state index is 12.6. The van der Waals surface area contributed by atoms with Crippen molar-refractivity contribution < 1.29 is 34.5 Å². The molecule has 0 aliphatic heterocycles. The van der Waals surface area contributed by atoms with Crippen molar-refractivity contribution in [2.75, 3.05) is 6.54 Å². The standard InChI is InChI=1S/C19H28N4O7/c1-10(24)15(22-14(26)9-20)18(28)23-16(11(2)25)17(27)21-13(19(29)30)8-12-6-4-3-5-7-12/h3-7,10-11,13,15-16,24-25H,8-9,20H2,1-2H3,(H,21,27)(H,22,26)(H,23,28)(H,29,30). The Kier molecular flexibility index (Phi) is 9.89. The quantitative estimate of drug-likeness (QED) is 0.202. The number of carboxylic acids is 1. The molecule has 1 rings (SSSR count). The number of aliphatic hydroxyl groups excluding tert-OH is 2. The average molecular weight is 424 g/mol. The second kappa shape index (κ2) is 11.9. The summed E-state index contributed by atoms with van der Waals surface area (Å²) in [5.41, 5.74) is 5.85. The number of carbonyl (C=O) groups excluding carboxylic acids is 3. The number of benzene rings is 1. The predicted octanol–water partition coefficient (Wildman–Crippen LogP) is -2.51. The molecule has 30 heavy (non-hydrogen) atoms. The number of aliphatic hydroxyl groups is 2. The van der Waals surface area contributed by atoms with Crippen LogP contribution in [0.15, 0.2) is 30.3 Å². The van der Waals surface area contributed by atoms with Crippen molar-refractivity contribution >= 4 is 23.7 Å². The van der Waals surface area contributed by atoms with Crippen molar-refractivity contribution in [2.24, 2.45) is 5.73 Å². The molecule has 0 aliphatic rings. The molecule has 11 heteroatoms. The van der Waals surface area contributed by atoms with Gasteiger partial charge in [-0.2, -0.15) is 0 Å². The second-order valence-corrected chi connectivity index (χ2v) is 6.81. The van der Waals surface area contributed by atoms with Crippen molar-refractivity contribution in [3.8, 4) is 0 Å². The minimum Gasteiger partial charge on any atom is -0.480 e. The van der Waals surface area contributed by atoms with E-state index >= 15 is 0 Å². The highest BCUT2D eigenvalue weighted by Crippen LogP contribution is 2.05. The van der Waals surface area contributed by atoms with Crippen LogP contribution < -0.4 is 21.7 Å². The first kappa shape index (κ1) is 25.0. The summed E-state index contributed by atoms with van der Waals surface area (Å²) in [6, 6.07) is 4.36. The molecule has 0 spiro atoms. The van der Waals surface area contributed by atoms with E-state index in [1.165, 1.54) is 13.8 Å². The Bertz CT molecular complexity index is 740. The highest BCUT2D eigenvalue weighted by Gasteiger charge is 2.33. The molecule has 0 aliphatic carbocycles. The maximum absolute atomic E-state index is 12.6. The number of carbonyl (C=O) groups is 4. The van der Waals surface area contributed by atoms with E-state index in [1.807, 2.05) is 0 Å². The lowest BCUT2D eigenvalue weighted by atomic mass is 10.0. The first-order valence-corrected chi connectivity index (χ1v) is 9.29. The van der Waals surface area contributed by atoms with Gasteiger partial charge >= 0.3 is 5.97 Å². The molecular formula is C19H28N4O7. The van der Waals surface area contributed by atoms with Crippen LogP contribution in [-0.2, 0) is 25.6 Å². The van der Waals surface area contributed by atoms with E-state index in [-0.39, 0.29) is 6.42 Å². The number of rotatable bonds is 11. The molecule has 0 radical (unpaired) electrons. The fraction of sp³-hybridized carbons (Fsp3) is 0.474. The van der Waals surface area contributed by atoms with E-state index < -0.39 is 60.6 Å². The second-order valence-electron chi connectivity index (χ2n) is 6.81. The van der Waals surface area contributed by atoms with Gasteiger partial charge in [-0.3, -0.25) is 14.4 Å². The lowest BCUT2D eigenvalue weighted by Crippen LogP contribution is -2.61. The predicted molar refractivity (Wildman–Crippen MR) is 106 cm³/mol. The molecule has 166 valence electrons. The van der Waals surface area contributed by atoms with Crippen LogP contribution in [0.4, 0.5) is 0 Å². The molecule has 5 atom stereocenters. The lowest BCUT2D eigenvalue weighted by molar-refractivity contribution is -0.143. The van der Waals surface area contributed by atoms with Crippen LogP contribution in [0.5, 0.6) is 0 Å². The van der Waals surface area contributed by atoms with Crippen molar-refractivity contribution in [3.63, 3.8) is 0 Å². The minimum atomic E-state index is -1.52. The van der Waals surface area contributed by atoms with Gasteiger partial charge in [0, 0.05) is 6.42 Å². The van der Waals surface area contributed by atoms with Gasteiger partial charge in [-0.1, -0.05) is 30.3 Å². The number of aliphatic carboxylic acids is 1. The molecule has 1 aromatic carbocycles. The fourth-order valence-corrected chi connectivity index (χ4v) is 2.60. The van der Waals surface area contributed by atoms with Gasteiger partial charge in [-0.25, -0.2) is 4.79 Å². The Balaban J connectivity index is 2.91. The Morgan fingerprint density at radius 1 is 0.900 bits per heavy atom. The summed E-state index contributed by atoms with van der Waals surface area (Å²) in [7, 11) is 0. The molecule has 3 amide bonds. The number of nitrogens with two attached hydrogens (primary N) is 1. The number of hydrogen-bond acceptors (Lipinski definition) is 7. The number of nitrogens with one attached hydrogen (secondary N) is 3. The normalized spacial score (nSPS) is 15.8. The zero-order valence-corrected chi connectivity index (χ0v) is 16.7. The molecule has 5 unspecified atom stereocenters.